The number of aliphatic hydroxyl groups is 1. The van der Waals surface area contributed by atoms with Crippen molar-refractivity contribution in [1.82, 2.24) is 19.7 Å². The first-order valence-corrected chi connectivity index (χ1v) is 11.2. The van der Waals surface area contributed by atoms with Crippen LogP contribution in [0.3, 0.4) is 0 Å². The Kier molecular flexibility index (Phi) is 6.20. The lowest BCUT2D eigenvalue weighted by Gasteiger charge is -2.25. The summed E-state index contributed by atoms with van der Waals surface area (Å²) in [6, 6.07) is 3.52. The van der Waals surface area contributed by atoms with Crippen LogP contribution in [0.5, 0.6) is 0 Å². The van der Waals surface area contributed by atoms with Gasteiger partial charge in [0.05, 0.1) is 22.7 Å². The smallest absolute Gasteiger partial charge is 0.287 e. The van der Waals surface area contributed by atoms with Gasteiger partial charge in [-0.25, -0.2) is 9.97 Å². The number of halogens is 2. The van der Waals surface area contributed by atoms with Gasteiger partial charge in [-0.3, -0.25) is 9.48 Å². The minimum Gasteiger partial charge on any atom is -0.386 e. The van der Waals surface area contributed by atoms with Gasteiger partial charge in [-0.05, 0) is 51.7 Å². The SMILES string of the molecule is CC(C)(O)c1cc2nn([C@H]3CC[C@H](C=O)CC3)cc2cc1NC(=O)c1cncnc1C(C)(F)F. The van der Waals surface area contributed by atoms with Crippen LogP contribution in [-0.4, -0.2) is 37.0 Å². The van der Waals surface area contributed by atoms with Crippen LogP contribution < -0.4 is 5.32 Å². The molecule has 3 aromatic rings. The van der Waals surface area contributed by atoms with Crippen molar-refractivity contribution in [2.24, 2.45) is 5.92 Å². The van der Waals surface area contributed by atoms with Crippen LogP contribution in [0.15, 0.2) is 30.9 Å². The number of aromatic nitrogens is 4. The first kappa shape index (κ1) is 23.9. The standard InChI is InChI=1S/C24H27F2N5O3/c1-23(2,34)18-9-19-15(11-31(30-19)16-6-4-14(12-32)5-7-16)8-20(18)29-22(33)17-10-27-13-28-21(17)24(3,25)26/h8-14,16,34H,4-7H2,1-3H3,(H,29,33)/t14-,16-. The Labute approximate surface area is 195 Å². The molecule has 34 heavy (non-hydrogen) atoms. The van der Waals surface area contributed by atoms with Crippen LogP contribution in [0.1, 0.15) is 74.1 Å². The molecule has 1 saturated carbocycles. The van der Waals surface area contributed by atoms with E-state index in [0.717, 1.165) is 49.9 Å². The summed E-state index contributed by atoms with van der Waals surface area (Å²) in [6.07, 6.45) is 8.18. The van der Waals surface area contributed by atoms with E-state index in [2.05, 4.69) is 20.4 Å². The van der Waals surface area contributed by atoms with Gasteiger partial charge in [-0.15, -0.1) is 0 Å². The number of fused-ring (bicyclic) bond motifs is 1. The average Bonchev–Trinajstić information content (AvgIpc) is 3.20. The lowest BCUT2D eigenvalue weighted by Crippen LogP contribution is -2.24. The molecule has 4 rings (SSSR count). The van der Waals surface area contributed by atoms with Gasteiger partial charge >= 0.3 is 0 Å². The van der Waals surface area contributed by atoms with Gasteiger partial charge in [0.15, 0.2) is 0 Å². The summed E-state index contributed by atoms with van der Waals surface area (Å²) < 4.78 is 29.8. The second kappa shape index (κ2) is 8.83. The lowest BCUT2D eigenvalue weighted by atomic mass is 9.87. The van der Waals surface area contributed by atoms with E-state index in [4.69, 9.17) is 0 Å². The second-order valence-corrected chi connectivity index (χ2v) is 9.46. The molecule has 2 aromatic heterocycles. The van der Waals surface area contributed by atoms with Gasteiger partial charge in [0.2, 0.25) is 0 Å². The first-order chi connectivity index (χ1) is 16.0. The molecule has 0 unspecified atom stereocenters. The summed E-state index contributed by atoms with van der Waals surface area (Å²) in [5.74, 6) is -4.04. The zero-order valence-corrected chi connectivity index (χ0v) is 19.3. The monoisotopic (exact) mass is 471 g/mol. The van der Waals surface area contributed by atoms with E-state index in [9.17, 15) is 23.5 Å². The molecule has 8 nitrogen and oxygen atoms in total. The fourth-order valence-corrected chi connectivity index (χ4v) is 4.42. The molecule has 0 spiro atoms. The van der Waals surface area contributed by atoms with Crippen LogP contribution in [0, 0.1) is 5.92 Å². The molecular weight excluding hydrogens is 444 g/mol. The third kappa shape index (κ3) is 4.82. The van der Waals surface area contributed by atoms with Crippen molar-refractivity contribution in [1.29, 1.82) is 0 Å². The van der Waals surface area contributed by atoms with E-state index in [1.54, 1.807) is 26.0 Å². The molecule has 2 heterocycles. The van der Waals surface area contributed by atoms with Gasteiger partial charge < -0.3 is 15.2 Å². The highest BCUT2D eigenvalue weighted by Crippen LogP contribution is 2.36. The van der Waals surface area contributed by atoms with Crippen LogP contribution in [0.2, 0.25) is 0 Å². The minimum absolute atomic E-state index is 0.0900. The van der Waals surface area contributed by atoms with E-state index < -0.39 is 23.1 Å². The molecular formula is C24H27F2N5O3. The number of rotatable bonds is 6. The molecule has 1 amide bonds. The third-order valence-electron chi connectivity index (χ3n) is 6.25. The fraction of sp³-hybridized carbons (Fsp3) is 0.458. The number of hydrogen-bond donors (Lipinski definition) is 2. The number of hydrogen-bond acceptors (Lipinski definition) is 6. The molecule has 1 fully saturated rings. The molecule has 10 heteroatoms. The number of amides is 1. The van der Waals surface area contributed by atoms with Gasteiger partial charge in [-0.2, -0.15) is 13.9 Å². The lowest BCUT2D eigenvalue weighted by molar-refractivity contribution is -0.112. The highest BCUT2D eigenvalue weighted by atomic mass is 19.3. The number of carbonyl (C=O) groups excluding carboxylic acids is 2. The zero-order valence-electron chi connectivity index (χ0n) is 19.3. The quantitative estimate of drug-likeness (QED) is 0.518. The maximum absolute atomic E-state index is 14.0. The number of anilines is 1. The van der Waals surface area contributed by atoms with Crippen molar-refractivity contribution in [3.8, 4) is 0 Å². The van der Waals surface area contributed by atoms with Crippen molar-refractivity contribution in [2.75, 3.05) is 5.32 Å². The third-order valence-corrected chi connectivity index (χ3v) is 6.25. The molecule has 0 aliphatic heterocycles. The van der Waals surface area contributed by atoms with Crippen LogP contribution in [0.25, 0.3) is 10.9 Å². The van der Waals surface area contributed by atoms with Crippen LogP contribution in [-0.2, 0) is 16.3 Å². The van der Waals surface area contributed by atoms with Crippen molar-refractivity contribution < 1.29 is 23.5 Å². The zero-order chi connectivity index (χ0) is 24.7. The van der Waals surface area contributed by atoms with Gasteiger partial charge in [0.1, 0.15) is 18.3 Å². The maximum atomic E-state index is 14.0. The summed E-state index contributed by atoms with van der Waals surface area (Å²) in [7, 11) is 0. The van der Waals surface area contributed by atoms with Crippen LogP contribution in [0.4, 0.5) is 14.5 Å². The molecule has 2 N–H and O–H groups in total. The number of benzene rings is 1. The topological polar surface area (TPSA) is 110 Å². The van der Waals surface area contributed by atoms with Crippen LogP contribution >= 0.6 is 0 Å². The summed E-state index contributed by atoms with van der Waals surface area (Å²) in [4.78, 5) is 31.3. The fourth-order valence-electron chi connectivity index (χ4n) is 4.42. The normalized spacial score (nSPS) is 19.2. The predicted octanol–water partition coefficient (Wildman–Crippen LogP) is 4.35. The Morgan fingerprint density at radius 1 is 1.21 bits per heavy atom. The van der Waals surface area contributed by atoms with E-state index in [1.807, 2.05) is 10.9 Å². The number of nitrogens with one attached hydrogen (secondary N) is 1. The molecule has 1 aliphatic carbocycles. The maximum Gasteiger partial charge on any atom is 0.287 e. The molecule has 180 valence electrons. The number of carbonyl (C=O) groups is 2. The predicted molar refractivity (Wildman–Crippen MR) is 122 cm³/mol. The summed E-state index contributed by atoms with van der Waals surface area (Å²) in [5.41, 5.74) is -1.05. The van der Waals surface area contributed by atoms with Gasteiger partial charge in [-0.1, -0.05) is 0 Å². The Balaban J connectivity index is 1.70. The minimum atomic E-state index is -3.33. The Hall–Kier alpha value is -3.27. The second-order valence-electron chi connectivity index (χ2n) is 9.46. The number of aldehydes is 1. The first-order valence-electron chi connectivity index (χ1n) is 11.2. The van der Waals surface area contributed by atoms with Gasteiger partial charge in [0, 0.05) is 41.9 Å². The van der Waals surface area contributed by atoms with E-state index >= 15 is 0 Å². The molecule has 0 atom stereocenters. The van der Waals surface area contributed by atoms with Crippen molar-refractivity contribution in [3.63, 3.8) is 0 Å². The highest BCUT2D eigenvalue weighted by molar-refractivity contribution is 6.06. The molecule has 0 bridgehead atoms. The summed E-state index contributed by atoms with van der Waals surface area (Å²) in [5, 5.41) is 18.8. The molecule has 0 radical (unpaired) electrons. The Morgan fingerprint density at radius 3 is 2.53 bits per heavy atom. The average molecular weight is 472 g/mol. The van der Waals surface area contributed by atoms with Crippen molar-refractivity contribution in [2.45, 2.75) is 64.0 Å². The number of nitrogens with zero attached hydrogens (tertiary/aromatic N) is 4. The largest absolute Gasteiger partial charge is 0.386 e. The van der Waals surface area contributed by atoms with Crippen molar-refractivity contribution >= 4 is 28.8 Å². The summed E-state index contributed by atoms with van der Waals surface area (Å²) >= 11 is 0. The van der Waals surface area contributed by atoms with E-state index in [0.29, 0.717) is 18.0 Å². The highest BCUT2D eigenvalue weighted by Gasteiger charge is 2.33. The van der Waals surface area contributed by atoms with E-state index in [-0.39, 0.29) is 23.2 Å². The van der Waals surface area contributed by atoms with E-state index in [1.165, 1.54) is 0 Å². The molecule has 0 saturated heterocycles. The van der Waals surface area contributed by atoms with Gasteiger partial charge in [0.25, 0.3) is 11.8 Å². The molecule has 1 aliphatic rings. The molecule has 1 aromatic carbocycles. The summed E-state index contributed by atoms with van der Waals surface area (Å²) in [6.45, 7) is 3.80. The van der Waals surface area contributed by atoms with Crippen molar-refractivity contribution in [3.05, 3.63) is 47.7 Å². The number of alkyl halides is 2. The Bertz CT molecular complexity index is 1220. The Morgan fingerprint density at radius 2 is 1.91 bits per heavy atom.